The Bertz CT molecular complexity index is 816. The molecule has 4 nitrogen and oxygen atoms in total. The van der Waals surface area contributed by atoms with E-state index in [1.807, 2.05) is 35.9 Å². The molecule has 0 aliphatic carbocycles. The van der Waals surface area contributed by atoms with Crippen LogP contribution >= 0.6 is 12.2 Å². The summed E-state index contributed by atoms with van der Waals surface area (Å²) in [6, 6.07) is 8.08. The van der Waals surface area contributed by atoms with Gasteiger partial charge < -0.3 is 4.98 Å². The number of pyridine rings is 2. The summed E-state index contributed by atoms with van der Waals surface area (Å²) >= 11 is 5.41. The Balaban J connectivity index is 2.13. The van der Waals surface area contributed by atoms with Crippen molar-refractivity contribution in [1.29, 1.82) is 0 Å². The maximum absolute atomic E-state index is 5.41. The average Bonchev–Trinajstić information content (AvgIpc) is 2.76. The van der Waals surface area contributed by atoms with Gasteiger partial charge in [-0.15, -0.1) is 0 Å². The fourth-order valence-corrected chi connectivity index (χ4v) is 2.62. The molecule has 3 heterocycles. The standard InChI is InChI=1S/C15H16N4S/c1-3-11-5-4-8-16-13(11)9-19-14-12(18-15(19)20)7-6-10(2)17-14/h4-8H,3,9H2,1-2H3,(H,18,20). The van der Waals surface area contributed by atoms with Crippen molar-refractivity contribution in [1.82, 2.24) is 19.5 Å². The van der Waals surface area contributed by atoms with E-state index in [9.17, 15) is 0 Å². The van der Waals surface area contributed by atoms with E-state index >= 15 is 0 Å². The fraction of sp³-hybridized carbons (Fsp3) is 0.267. The van der Waals surface area contributed by atoms with Gasteiger partial charge in [0.2, 0.25) is 0 Å². The molecule has 20 heavy (non-hydrogen) atoms. The van der Waals surface area contributed by atoms with Crippen LogP contribution in [0.15, 0.2) is 30.5 Å². The van der Waals surface area contributed by atoms with Crippen LogP contribution in [0.2, 0.25) is 0 Å². The molecule has 0 radical (unpaired) electrons. The number of aryl methyl sites for hydroxylation is 2. The summed E-state index contributed by atoms with van der Waals surface area (Å²) in [6.45, 7) is 4.77. The largest absolute Gasteiger partial charge is 0.329 e. The zero-order valence-corrected chi connectivity index (χ0v) is 12.4. The monoisotopic (exact) mass is 284 g/mol. The number of hydrogen-bond donors (Lipinski definition) is 1. The zero-order valence-electron chi connectivity index (χ0n) is 11.6. The Hall–Kier alpha value is -2.01. The van der Waals surface area contributed by atoms with E-state index in [1.54, 1.807) is 0 Å². The van der Waals surface area contributed by atoms with Crippen LogP contribution in [-0.2, 0) is 13.0 Å². The molecule has 0 fully saturated rings. The van der Waals surface area contributed by atoms with E-state index in [1.165, 1.54) is 5.56 Å². The molecule has 0 spiro atoms. The molecule has 5 heteroatoms. The van der Waals surface area contributed by atoms with Gasteiger partial charge in [0.15, 0.2) is 10.4 Å². The molecule has 0 aliphatic rings. The second-order valence-corrected chi connectivity index (χ2v) is 5.19. The molecule has 3 rings (SSSR count). The lowest BCUT2D eigenvalue weighted by atomic mass is 10.1. The molecule has 0 bridgehead atoms. The number of nitrogens with one attached hydrogen (secondary N) is 1. The molecule has 0 saturated heterocycles. The minimum absolute atomic E-state index is 0.652. The summed E-state index contributed by atoms with van der Waals surface area (Å²) in [7, 11) is 0. The highest BCUT2D eigenvalue weighted by Gasteiger charge is 2.09. The number of imidazole rings is 1. The van der Waals surface area contributed by atoms with Gasteiger partial charge in [-0.3, -0.25) is 9.55 Å². The van der Waals surface area contributed by atoms with Gasteiger partial charge in [-0.25, -0.2) is 4.98 Å². The molecular weight excluding hydrogens is 268 g/mol. The van der Waals surface area contributed by atoms with Gasteiger partial charge in [-0.05, 0) is 49.3 Å². The van der Waals surface area contributed by atoms with Gasteiger partial charge in [0.05, 0.1) is 17.8 Å². The molecule has 1 N–H and O–H groups in total. The fourth-order valence-electron chi connectivity index (χ4n) is 2.36. The Labute approximate surface area is 122 Å². The van der Waals surface area contributed by atoms with E-state index in [0.29, 0.717) is 11.3 Å². The van der Waals surface area contributed by atoms with Crippen LogP contribution in [0.1, 0.15) is 23.9 Å². The molecular formula is C15H16N4S. The highest BCUT2D eigenvalue weighted by molar-refractivity contribution is 7.71. The third-order valence-electron chi connectivity index (χ3n) is 3.43. The minimum atomic E-state index is 0.652. The summed E-state index contributed by atoms with van der Waals surface area (Å²) in [4.78, 5) is 12.3. The first-order valence-corrected chi connectivity index (χ1v) is 7.09. The second-order valence-electron chi connectivity index (χ2n) is 4.80. The topological polar surface area (TPSA) is 46.5 Å². The van der Waals surface area contributed by atoms with Crippen LogP contribution < -0.4 is 0 Å². The molecule has 0 aliphatic heterocycles. The lowest BCUT2D eigenvalue weighted by Crippen LogP contribution is -2.06. The Morgan fingerprint density at radius 3 is 2.95 bits per heavy atom. The third-order valence-corrected chi connectivity index (χ3v) is 3.75. The summed E-state index contributed by atoms with van der Waals surface area (Å²) in [5.74, 6) is 0. The van der Waals surface area contributed by atoms with Crippen LogP contribution in [-0.4, -0.2) is 19.5 Å². The quantitative estimate of drug-likeness (QED) is 0.750. The number of fused-ring (bicyclic) bond motifs is 1. The molecule has 0 unspecified atom stereocenters. The molecule has 3 aromatic heterocycles. The van der Waals surface area contributed by atoms with Gasteiger partial charge in [0.25, 0.3) is 0 Å². The highest BCUT2D eigenvalue weighted by atomic mass is 32.1. The first-order chi connectivity index (χ1) is 9.69. The van der Waals surface area contributed by atoms with E-state index in [0.717, 1.165) is 29.0 Å². The summed E-state index contributed by atoms with van der Waals surface area (Å²) < 4.78 is 2.70. The highest BCUT2D eigenvalue weighted by Crippen LogP contribution is 2.16. The smallest absolute Gasteiger partial charge is 0.179 e. The Kier molecular flexibility index (Phi) is 3.36. The second kappa shape index (κ2) is 5.17. The van der Waals surface area contributed by atoms with Crippen LogP contribution in [0.25, 0.3) is 11.2 Å². The number of rotatable bonds is 3. The maximum atomic E-state index is 5.41. The number of aromatic nitrogens is 4. The zero-order chi connectivity index (χ0) is 14.1. The number of H-pyrrole nitrogens is 1. The molecule has 102 valence electrons. The molecule has 0 amide bonds. The average molecular weight is 284 g/mol. The Morgan fingerprint density at radius 1 is 1.30 bits per heavy atom. The van der Waals surface area contributed by atoms with Crippen molar-refractivity contribution in [3.8, 4) is 0 Å². The van der Waals surface area contributed by atoms with Crippen molar-refractivity contribution < 1.29 is 0 Å². The predicted molar refractivity (Wildman–Crippen MR) is 82.4 cm³/mol. The van der Waals surface area contributed by atoms with Crippen molar-refractivity contribution in [3.05, 3.63) is 52.2 Å². The van der Waals surface area contributed by atoms with Gasteiger partial charge in [0, 0.05) is 11.9 Å². The molecule has 0 aromatic carbocycles. The van der Waals surface area contributed by atoms with Gasteiger partial charge in [-0.2, -0.15) is 0 Å². The minimum Gasteiger partial charge on any atom is -0.329 e. The third kappa shape index (κ3) is 2.25. The molecule has 0 saturated carbocycles. The van der Waals surface area contributed by atoms with Crippen LogP contribution in [0.5, 0.6) is 0 Å². The Morgan fingerprint density at radius 2 is 2.15 bits per heavy atom. The number of hydrogen-bond acceptors (Lipinski definition) is 3. The van der Waals surface area contributed by atoms with E-state index in [-0.39, 0.29) is 0 Å². The normalized spacial score (nSPS) is 11.1. The number of aromatic amines is 1. The molecule has 3 aromatic rings. The SMILES string of the molecule is CCc1cccnc1Cn1c(=S)[nH]c2ccc(C)nc21. The van der Waals surface area contributed by atoms with E-state index in [4.69, 9.17) is 12.2 Å². The van der Waals surface area contributed by atoms with Crippen molar-refractivity contribution in [2.45, 2.75) is 26.8 Å². The van der Waals surface area contributed by atoms with Crippen LogP contribution in [0, 0.1) is 11.7 Å². The lowest BCUT2D eigenvalue weighted by Gasteiger charge is -2.08. The van der Waals surface area contributed by atoms with Crippen molar-refractivity contribution in [3.63, 3.8) is 0 Å². The summed E-state index contributed by atoms with van der Waals surface area (Å²) in [5.41, 5.74) is 5.14. The van der Waals surface area contributed by atoms with Crippen molar-refractivity contribution >= 4 is 23.4 Å². The first-order valence-electron chi connectivity index (χ1n) is 6.68. The summed E-state index contributed by atoms with van der Waals surface area (Å²) in [5, 5.41) is 0. The summed E-state index contributed by atoms with van der Waals surface area (Å²) in [6.07, 6.45) is 2.79. The number of nitrogens with zero attached hydrogens (tertiary/aromatic N) is 3. The first kappa shape index (κ1) is 13.0. The predicted octanol–water partition coefficient (Wildman–Crippen LogP) is 3.41. The molecule has 0 atom stereocenters. The lowest BCUT2D eigenvalue weighted by molar-refractivity contribution is 0.763. The maximum Gasteiger partial charge on any atom is 0.179 e. The van der Waals surface area contributed by atoms with Crippen molar-refractivity contribution in [2.24, 2.45) is 0 Å². The van der Waals surface area contributed by atoms with Crippen LogP contribution in [0.3, 0.4) is 0 Å². The van der Waals surface area contributed by atoms with Gasteiger partial charge in [-0.1, -0.05) is 13.0 Å². The van der Waals surface area contributed by atoms with Gasteiger partial charge in [0.1, 0.15) is 0 Å². The van der Waals surface area contributed by atoms with E-state index in [2.05, 4.69) is 27.9 Å². The van der Waals surface area contributed by atoms with Gasteiger partial charge >= 0.3 is 0 Å². The van der Waals surface area contributed by atoms with E-state index < -0.39 is 0 Å². The van der Waals surface area contributed by atoms with Crippen LogP contribution in [0.4, 0.5) is 0 Å². The van der Waals surface area contributed by atoms with Crippen molar-refractivity contribution in [2.75, 3.05) is 0 Å².